The minimum absolute atomic E-state index is 0.0835. The highest BCUT2D eigenvalue weighted by molar-refractivity contribution is 7.95. The summed E-state index contributed by atoms with van der Waals surface area (Å²) in [7, 11) is -4.16. The second-order valence-corrected chi connectivity index (χ2v) is 13.7. The molecule has 7 nitrogen and oxygen atoms in total. The average molecular weight is 671 g/mol. The van der Waals surface area contributed by atoms with Gasteiger partial charge in [-0.15, -0.1) is 0 Å². The van der Waals surface area contributed by atoms with Crippen LogP contribution in [0.1, 0.15) is 34.2 Å². The summed E-state index contributed by atoms with van der Waals surface area (Å²) in [5, 5.41) is 25.1. The summed E-state index contributed by atoms with van der Waals surface area (Å²) in [4.78, 5) is 0.0835. The Balaban J connectivity index is 1.29. The Kier molecular flexibility index (Phi) is 8.62. The summed E-state index contributed by atoms with van der Waals surface area (Å²) in [6.45, 7) is 0. The molecule has 1 aliphatic heterocycles. The van der Waals surface area contributed by atoms with Crippen molar-refractivity contribution in [3.63, 3.8) is 0 Å². The summed E-state index contributed by atoms with van der Waals surface area (Å²) in [6.07, 6.45) is 0.280. The number of rotatable bonds is 9. The second-order valence-electron chi connectivity index (χ2n) is 11.8. The minimum atomic E-state index is -4.16. The molecule has 0 aromatic heterocycles. The quantitative estimate of drug-likeness (QED) is 0.157. The molecule has 6 aromatic carbocycles. The smallest absolute Gasteiger partial charge is 0.239 e. The molecule has 0 spiro atoms. The lowest BCUT2D eigenvalue weighted by atomic mass is 9.81. The van der Waals surface area contributed by atoms with E-state index in [2.05, 4.69) is 22.8 Å². The first-order valence-electron chi connectivity index (χ1n) is 15.9. The summed E-state index contributed by atoms with van der Waals surface area (Å²) in [5.41, 5.74) is 5.81. The van der Waals surface area contributed by atoms with Gasteiger partial charge in [0, 0.05) is 40.2 Å². The van der Waals surface area contributed by atoms with Crippen molar-refractivity contribution in [2.75, 3.05) is 10.6 Å². The van der Waals surface area contributed by atoms with E-state index in [1.54, 1.807) is 54.6 Å². The Bertz CT molecular complexity index is 2340. The molecule has 0 unspecified atom stereocenters. The topological polar surface area (TPSA) is 115 Å². The molecule has 2 N–H and O–H groups in total. The molecule has 0 radical (unpaired) electrons. The first kappa shape index (κ1) is 32.0. The Morgan fingerprint density at radius 1 is 0.580 bits per heavy atom. The fraction of sp³-hybridized carbons (Fsp3) is 0.0476. The maximum atomic E-state index is 14.6. The highest BCUT2D eigenvalue weighted by Gasteiger charge is 2.48. The predicted octanol–water partition coefficient (Wildman–Crippen LogP) is 9.42. The largest absolute Gasteiger partial charge is 0.466 e. The molecule has 1 heterocycles. The lowest BCUT2D eigenvalue weighted by molar-refractivity contribution is 0.0746. The van der Waals surface area contributed by atoms with E-state index in [0.29, 0.717) is 33.6 Å². The van der Waals surface area contributed by atoms with Gasteiger partial charge in [-0.05, 0) is 78.4 Å². The molecule has 1 aliphatic rings. The zero-order valence-electron chi connectivity index (χ0n) is 26.7. The molecule has 0 atom stereocenters. The molecule has 0 saturated carbocycles. The number of benzene rings is 6. The third kappa shape index (κ3) is 6.20. The van der Waals surface area contributed by atoms with Crippen molar-refractivity contribution in [3.8, 4) is 12.1 Å². The predicted molar refractivity (Wildman–Crippen MR) is 195 cm³/mol. The summed E-state index contributed by atoms with van der Waals surface area (Å²) >= 11 is 0. The van der Waals surface area contributed by atoms with E-state index in [1.807, 2.05) is 103 Å². The van der Waals surface area contributed by atoms with Gasteiger partial charge in [0.15, 0.2) is 5.60 Å². The normalized spacial score (nSPS) is 13.5. The zero-order chi connectivity index (χ0) is 34.6. The van der Waals surface area contributed by atoms with E-state index in [4.69, 9.17) is 10.00 Å². The van der Waals surface area contributed by atoms with Crippen LogP contribution in [0.2, 0.25) is 0 Å². The number of nitrogens with zero attached hydrogens (tertiary/aromatic N) is 2. The van der Waals surface area contributed by atoms with Crippen LogP contribution in [0.15, 0.2) is 168 Å². The van der Waals surface area contributed by atoms with E-state index in [9.17, 15) is 13.7 Å². The molecule has 0 saturated heterocycles. The van der Waals surface area contributed by atoms with Crippen LogP contribution in [0.5, 0.6) is 0 Å². The Hall–Kier alpha value is -6.61. The van der Waals surface area contributed by atoms with Crippen molar-refractivity contribution < 1.29 is 13.2 Å². The lowest BCUT2D eigenvalue weighted by Gasteiger charge is -2.31. The number of hydrogen-bond donors (Lipinski definition) is 2. The van der Waals surface area contributed by atoms with Gasteiger partial charge in [-0.2, -0.15) is 10.5 Å². The van der Waals surface area contributed by atoms with Crippen LogP contribution in [0, 0.1) is 22.7 Å². The summed E-state index contributed by atoms with van der Waals surface area (Å²) in [6, 6.07) is 52.0. The molecule has 6 aromatic rings. The van der Waals surface area contributed by atoms with Crippen molar-refractivity contribution >= 4 is 38.2 Å². The van der Waals surface area contributed by atoms with Crippen LogP contribution in [-0.4, -0.2) is 8.42 Å². The Morgan fingerprint density at radius 3 is 1.68 bits per heavy atom. The standard InChI is InChI=1S/C42H30N4O3S/c43-28-30-15-19-35(20-16-30)45-36-21-17-31(18-22-36)39-27-42(33-10-3-1-4-11-33,34-12-5-2-6-13-34)49-41(39)50(47,48)38-25-23-37(24-26-38)46-40-14-8-7-9-32(40)29-44/h1-26,45-46H,27H2. The van der Waals surface area contributed by atoms with Crippen LogP contribution in [-0.2, 0) is 20.2 Å². The second kappa shape index (κ2) is 13.5. The van der Waals surface area contributed by atoms with E-state index in [-0.39, 0.29) is 16.4 Å². The van der Waals surface area contributed by atoms with Crippen LogP contribution in [0.25, 0.3) is 5.57 Å². The van der Waals surface area contributed by atoms with E-state index < -0.39 is 15.4 Å². The molecule has 50 heavy (non-hydrogen) atoms. The fourth-order valence-corrected chi connectivity index (χ4v) is 7.61. The molecule has 0 amide bonds. The van der Waals surface area contributed by atoms with E-state index >= 15 is 0 Å². The molecule has 0 fully saturated rings. The first-order chi connectivity index (χ1) is 24.4. The van der Waals surface area contributed by atoms with Crippen molar-refractivity contribution in [3.05, 3.63) is 191 Å². The third-order valence-electron chi connectivity index (χ3n) is 8.69. The molecular weight excluding hydrogens is 641 g/mol. The number of para-hydroxylation sites is 1. The minimum Gasteiger partial charge on any atom is -0.466 e. The molecule has 242 valence electrons. The van der Waals surface area contributed by atoms with Gasteiger partial charge in [-0.3, -0.25) is 0 Å². The van der Waals surface area contributed by atoms with Gasteiger partial charge < -0.3 is 15.4 Å². The number of nitriles is 2. The van der Waals surface area contributed by atoms with Crippen molar-refractivity contribution in [2.24, 2.45) is 0 Å². The van der Waals surface area contributed by atoms with Crippen LogP contribution in [0.3, 0.4) is 0 Å². The van der Waals surface area contributed by atoms with Crippen LogP contribution in [0.4, 0.5) is 22.7 Å². The summed E-state index contributed by atoms with van der Waals surface area (Å²) in [5.74, 6) is 0. The number of anilines is 4. The van der Waals surface area contributed by atoms with Gasteiger partial charge in [-0.1, -0.05) is 84.9 Å². The van der Waals surface area contributed by atoms with Gasteiger partial charge in [0.1, 0.15) is 6.07 Å². The monoisotopic (exact) mass is 670 g/mol. The van der Waals surface area contributed by atoms with Crippen molar-refractivity contribution in [1.82, 2.24) is 0 Å². The van der Waals surface area contributed by atoms with Gasteiger partial charge in [0.25, 0.3) is 0 Å². The average Bonchev–Trinajstić information content (AvgIpc) is 3.60. The zero-order valence-corrected chi connectivity index (χ0v) is 27.6. The first-order valence-corrected chi connectivity index (χ1v) is 17.4. The van der Waals surface area contributed by atoms with Gasteiger partial charge in [0.2, 0.25) is 14.9 Å². The lowest BCUT2D eigenvalue weighted by Crippen LogP contribution is -2.28. The Morgan fingerprint density at radius 2 is 1.10 bits per heavy atom. The van der Waals surface area contributed by atoms with E-state index in [1.165, 1.54) is 0 Å². The maximum absolute atomic E-state index is 14.6. The number of ether oxygens (including phenoxy) is 1. The van der Waals surface area contributed by atoms with Gasteiger partial charge >= 0.3 is 0 Å². The molecule has 7 rings (SSSR count). The number of sulfone groups is 1. The maximum Gasteiger partial charge on any atom is 0.239 e. The molecule has 0 aliphatic carbocycles. The molecular formula is C42H30N4O3S. The number of hydrogen-bond acceptors (Lipinski definition) is 7. The molecule has 0 bridgehead atoms. The van der Waals surface area contributed by atoms with Gasteiger partial charge in [0.05, 0.1) is 27.8 Å². The van der Waals surface area contributed by atoms with Crippen molar-refractivity contribution in [1.29, 1.82) is 10.5 Å². The molecule has 8 heteroatoms. The Labute approximate surface area is 291 Å². The highest BCUT2D eigenvalue weighted by atomic mass is 32.2. The third-order valence-corrected chi connectivity index (χ3v) is 10.4. The van der Waals surface area contributed by atoms with Crippen molar-refractivity contribution in [2.45, 2.75) is 16.9 Å². The highest BCUT2D eigenvalue weighted by Crippen LogP contribution is 2.52. The fourth-order valence-electron chi connectivity index (χ4n) is 6.14. The van der Waals surface area contributed by atoms with E-state index in [0.717, 1.165) is 22.5 Å². The van der Waals surface area contributed by atoms with Gasteiger partial charge in [-0.25, -0.2) is 8.42 Å². The summed E-state index contributed by atoms with van der Waals surface area (Å²) < 4.78 is 36.0. The SMILES string of the molecule is N#Cc1ccc(Nc2ccc(C3=C(S(=O)(=O)c4ccc(Nc5ccccc5C#N)cc4)OC(c4ccccc4)(c4ccccc4)C3)cc2)cc1. The van der Waals surface area contributed by atoms with Crippen LogP contribution >= 0.6 is 0 Å². The van der Waals surface area contributed by atoms with Crippen LogP contribution < -0.4 is 10.6 Å². The number of nitrogens with one attached hydrogen (secondary N) is 2.